The van der Waals surface area contributed by atoms with Crippen LogP contribution in [-0.2, 0) is 17.6 Å². The maximum Gasteiger partial charge on any atom is 0.330 e. The van der Waals surface area contributed by atoms with Gasteiger partial charge in [-0.25, -0.2) is 14.8 Å². The van der Waals surface area contributed by atoms with Crippen LogP contribution < -0.4 is 10.4 Å². The molecule has 1 aromatic carbocycles. The Balaban J connectivity index is 1.59. The average Bonchev–Trinajstić information content (AvgIpc) is 3.29. The topological polar surface area (TPSA) is 71.2 Å². The minimum Gasteiger partial charge on any atom is -0.493 e. The molecule has 30 heavy (non-hydrogen) atoms. The molecule has 0 unspecified atom stereocenters. The predicted molar refractivity (Wildman–Crippen MR) is 114 cm³/mol. The van der Waals surface area contributed by atoms with Gasteiger partial charge in [-0.15, -0.1) is 0 Å². The smallest absolute Gasteiger partial charge is 0.330 e. The minimum atomic E-state index is 0.00390. The van der Waals surface area contributed by atoms with Crippen LogP contribution in [0.15, 0.2) is 23.1 Å². The van der Waals surface area contributed by atoms with E-state index in [0.717, 1.165) is 48.6 Å². The molecular weight excluding hydrogens is 380 g/mol. The van der Waals surface area contributed by atoms with E-state index in [1.54, 1.807) is 0 Å². The highest BCUT2D eigenvalue weighted by atomic mass is 16.5. The normalized spacial score (nSPS) is 16.9. The molecule has 0 aliphatic carbocycles. The van der Waals surface area contributed by atoms with E-state index < -0.39 is 0 Å². The first-order chi connectivity index (χ1) is 14.5. The summed E-state index contributed by atoms with van der Waals surface area (Å²) in [5, 5.41) is 0. The molecule has 0 spiro atoms. The second kappa shape index (κ2) is 7.54. The summed E-state index contributed by atoms with van der Waals surface area (Å²) < 4.78 is 14.9. The largest absolute Gasteiger partial charge is 0.493 e. The van der Waals surface area contributed by atoms with Crippen LogP contribution in [0.25, 0.3) is 11.2 Å². The third-order valence-electron chi connectivity index (χ3n) is 6.27. The molecule has 7 nitrogen and oxygen atoms in total. The first kappa shape index (κ1) is 19.3. The molecule has 0 radical (unpaired) electrons. The van der Waals surface area contributed by atoms with Crippen molar-refractivity contribution < 1.29 is 9.47 Å². The summed E-state index contributed by atoms with van der Waals surface area (Å²) in [5.74, 6) is 1.74. The fraction of sp³-hybridized carbons (Fsp3) is 0.522. The standard InChI is InChI=1S/C23H28N4O3/c1-14(2)26-19-13-24-21(12-17-11-16-4-9-30-20(16)10-15(17)3)25-22(19)27(23(26)28)18-5-7-29-8-6-18/h10-11,13-14,18H,4-9,12H2,1-3H3. The number of ether oxygens (including phenoxy) is 2. The van der Waals surface area contributed by atoms with Gasteiger partial charge in [-0.05, 0) is 56.4 Å². The quantitative estimate of drug-likeness (QED) is 0.662. The van der Waals surface area contributed by atoms with E-state index in [2.05, 4.69) is 24.0 Å². The Morgan fingerprint density at radius 1 is 1.20 bits per heavy atom. The molecule has 2 aliphatic heterocycles. The Morgan fingerprint density at radius 3 is 2.77 bits per heavy atom. The number of aryl methyl sites for hydroxylation is 1. The number of rotatable bonds is 4. The molecule has 3 aromatic rings. The van der Waals surface area contributed by atoms with Crippen molar-refractivity contribution in [3.05, 3.63) is 51.3 Å². The van der Waals surface area contributed by atoms with Crippen molar-refractivity contribution in [2.24, 2.45) is 0 Å². The number of aromatic nitrogens is 4. The van der Waals surface area contributed by atoms with Gasteiger partial charge in [0, 0.05) is 38.1 Å². The lowest BCUT2D eigenvalue weighted by atomic mass is 10.0. The van der Waals surface area contributed by atoms with E-state index in [0.29, 0.717) is 19.6 Å². The van der Waals surface area contributed by atoms with Gasteiger partial charge >= 0.3 is 5.69 Å². The number of fused-ring (bicyclic) bond motifs is 2. The molecule has 0 atom stereocenters. The van der Waals surface area contributed by atoms with Gasteiger partial charge in [0.1, 0.15) is 17.1 Å². The summed E-state index contributed by atoms with van der Waals surface area (Å²) in [5.41, 5.74) is 5.20. The third-order valence-corrected chi connectivity index (χ3v) is 6.27. The van der Waals surface area contributed by atoms with Gasteiger partial charge in [0.05, 0.1) is 12.8 Å². The monoisotopic (exact) mass is 408 g/mol. The Kier molecular flexibility index (Phi) is 4.85. The first-order valence-electron chi connectivity index (χ1n) is 10.8. The molecule has 158 valence electrons. The van der Waals surface area contributed by atoms with Crippen molar-refractivity contribution >= 4 is 11.2 Å². The summed E-state index contributed by atoms with van der Waals surface area (Å²) in [6.45, 7) is 8.27. The number of hydrogen-bond acceptors (Lipinski definition) is 5. The lowest BCUT2D eigenvalue weighted by molar-refractivity contribution is 0.0694. The maximum absolute atomic E-state index is 13.3. The van der Waals surface area contributed by atoms with Gasteiger partial charge in [-0.2, -0.15) is 0 Å². The summed E-state index contributed by atoms with van der Waals surface area (Å²) >= 11 is 0. The molecule has 2 aromatic heterocycles. The van der Waals surface area contributed by atoms with Crippen LogP contribution in [-0.4, -0.2) is 38.9 Å². The number of benzene rings is 1. The van der Waals surface area contributed by atoms with Gasteiger partial charge < -0.3 is 9.47 Å². The molecule has 5 rings (SSSR count). The molecule has 1 saturated heterocycles. The maximum atomic E-state index is 13.3. The molecule has 0 amide bonds. The summed E-state index contributed by atoms with van der Waals surface area (Å²) in [6, 6.07) is 4.50. The predicted octanol–water partition coefficient (Wildman–Crippen LogP) is 3.36. The minimum absolute atomic E-state index is 0.00390. The first-order valence-corrected chi connectivity index (χ1v) is 10.8. The molecule has 7 heteroatoms. The number of hydrogen-bond donors (Lipinski definition) is 0. The Labute approximate surface area is 175 Å². The van der Waals surface area contributed by atoms with Crippen molar-refractivity contribution in [1.29, 1.82) is 0 Å². The van der Waals surface area contributed by atoms with E-state index in [9.17, 15) is 4.79 Å². The SMILES string of the molecule is Cc1cc2c(cc1Cc1ncc3c(n1)n(C1CCOCC1)c(=O)n3C(C)C)CCO2. The Hall–Kier alpha value is -2.67. The van der Waals surface area contributed by atoms with Gasteiger partial charge in [0.25, 0.3) is 0 Å². The molecule has 0 bridgehead atoms. The molecule has 0 saturated carbocycles. The van der Waals surface area contributed by atoms with Crippen LogP contribution in [0.4, 0.5) is 0 Å². The molecular formula is C23H28N4O3. The van der Waals surface area contributed by atoms with Gasteiger partial charge in [0.15, 0.2) is 5.65 Å². The van der Waals surface area contributed by atoms with Gasteiger partial charge in [-0.3, -0.25) is 9.13 Å². The molecule has 0 N–H and O–H groups in total. The lowest BCUT2D eigenvalue weighted by Gasteiger charge is -2.23. The zero-order valence-corrected chi connectivity index (χ0v) is 17.9. The second-order valence-corrected chi connectivity index (χ2v) is 8.62. The fourth-order valence-electron chi connectivity index (χ4n) is 4.65. The summed E-state index contributed by atoms with van der Waals surface area (Å²) in [4.78, 5) is 22.8. The van der Waals surface area contributed by atoms with Crippen molar-refractivity contribution in [2.45, 2.75) is 58.5 Å². The van der Waals surface area contributed by atoms with Crippen LogP contribution in [0.3, 0.4) is 0 Å². The summed E-state index contributed by atoms with van der Waals surface area (Å²) in [6.07, 6.45) is 5.08. The van der Waals surface area contributed by atoms with Crippen LogP contribution >= 0.6 is 0 Å². The molecule has 2 aliphatic rings. The number of nitrogens with zero attached hydrogens (tertiary/aromatic N) is 4. The average molecular weight is 409 g/mol. The molecule has 4 heterocycles. The zero-order valence-electron chi connectivity index (χ0n) is 17.9. The van der Waals surface area contributed by atoms with Crippen molar-refractivity contribution in [3.8, 4) is 5.75 Å². The van der Waals surface area contributed by atoms with Crippen LogP contribution in [0.1, 0.15) is 61.3 Å². The van der Waals surface area contributed by atoms with Crippen LogP contribution in [0, 0.1) is 6.92 Å². The third kappa shape index (κ3) is 3.21. The highest BCUT2D eigenvalue weighted by Gasteiger charge is 2.25. The van der Waals surface area contributed by atoms with E-state index in [1.165, 1.54) is 16.7 Å². The van der Waals surface area contributed by atoms with Crippen molar-refractivity contribution in [2.75, 3.05) is 19.8 Å². The molecule has 1 fully saturated rings. The van der Waals surface area contributed by atoms with Crippen LogP contribution in [0.5, 0.6) is 5.75 Å². The van der Waals surface area contributed by atoms with Gasteiger partial charge in [0.2, 0.25) is 0 Å². The van der Waals surface area contributed by atoms with E-state index >= 15 is 0 Å². The van der Waals surface area contributed by atoms with E-state index in [1.807, 2.05) is 29.2 Å². The van der Waals surface area contributed by atoms with Gasteiger partial charge in [-0.1, -0.05) is 6.07 Å². The highest BCUT2D eigenvalue weighted by Crippen LogP contribution is 2.30. The Morgan fingerprint density at radius 2 is 2.00 bits per heavy atom. The zero-order chi connectivity index (χ0) is 20.8. The van der Waals surface area contributed by atoms with Crippen molar-refractivity contribution in [1.82, 2.24) is 19.1 Å². The van der Waals surface area contributed by atoms with E-state index in [4.69, 9.17) is 14.5 Å². The number of imidazole rings is 1. The summed E-state index contributed by atoms with van der Waals surface area (Å²) in [7, 11) is 0. The van der Waals surface area contributed by atoms with E-state index in [-0.39, 0.29) is 17.8 Å². The van der Waals surface area contributed by atoms with Crippen molar-refractivity contribution in [3.63, 3.8) is 0 Å². The lowest BCUT2D eigenvalue weighted by Crippen LogP contribution is -2.31. The Bertz CT molecular complexity index is 1160. The van der Waals surface area contributed by atoms with Crippen LogP contribution in [0.2, 0.25) is 0 Å². The highest BCUT2D eigenvalue weighted by molar-refractivity contribution is 5.71. The second-order valence-electron chi connectivity index (χ2n) is 8.62. The fourth-order valence-corrected chi connectivity index (χ4v) is 4.65.